The maximum Gasteiger partial charge on any atom is 0.326 e. The van der Waals surface area contributed by atoms with E-state index in [4.69, 9.17) is 31.4 Å². The normalized spacial score (nSPS) is 17.3. The van der Waals surface area contributed by atoms with Gasteiger partial charge in [-0.25, -0.2) is 38.1 Å². The van der Waals surface area contributed by atoms with Crippen molar-refractivity contribution in [2.45, 2.75) is 44.7 Å². The third kappa shape index (κ3) is 7.19. The molecule has 0 bridgehead atoms. The summed E-state index contributed by atoms with van der Waals surface area (Å²) in [5.41, 5.74) is 16.0. The maximum absolute atomic E-state index is 14.1. The van der Waals surface area contributed by atoms with Crippen molar-refractivity contribution < 1.29 is 42.2 Å². The Morgan fingerprint density at radius 2 is 1.13 bits per heavy atom. The lowest BCUT2D eigenvalue weighted by Gasteiger charge is -2.20. The van der Waals surface area contributed by atoms with Gasteiger partial charge in [0.25, 0.3) is 0 Å². The quantitative estimate of drug-likeness (QED) is 0.0925. The number of methoxy groups -OCH3 is 2. The summed E-state index contributed by atoms with van der Waals surface area (Å²) >= 11 is 0. The van der Waals surface area contributed by atoms with Crippen molar-refractivity contribution in [2.75, 3.05) is 42.9 Å². The predicted octanol–water partition coefficient (Wildman–Crippen LogP) is 2.70. The van der Waals surface area contributed by atoms with Crippen molar-refractivity contribution in [3.8, 4) is 34.8 Å². The van der Waals surface area contributed by atoms with E-state index in [2.05, 4.69) is 40.8 Å². The van der Waals surface area contributed by atoms with Gasteiger partial charge in [0.1, 0.15) is 46.3 Å². The van der Waals surface area contributed by atoms with Crippen LogP contribution in [0.3, 0.4) is 0 Å². The van der Waals surface area contributed by atoms with Crippen molar-refractivity contribution in [3.05, 3.63) is 94.6 Å². The van der Waals surface area contributed by atoms with E-state index in [9.17, 15) is 28.0 Å². The van der Waals surface area contributed by atoms with Crippen LogP contribution in [0.25, 0.3) is 23.0 Å². The lowest BCUT2D eigenvalue weighted by Crippen LogP contribution is -2.44. The molecule has 8 N–H and O–H groups in total. The molecule has 3 amide bonds. The first kappa shape index (κ1) is 42.1. The number of ether oxygens (including phenoxy) is 3. The van der Waals surface area contributed by atoms with E-state index in [1.54, 1.807) is 55.5 Å². The van der Waals surface area contributed by atoms with Crippen LogP contribution in [-0.2, 0) is 47.8 Å². The monoisotopic (exact) mass is 851 g/mol. The number of rotatable bonds is 11. The number of carbonyl (C=O) groups excluding carboxylic acids is 4. The Hall–Kier alpha value is -8.04. The first-order valence-corrected chi connectivity index (χ1v) is 18.7. The van der Waals surface area contributed by atoms with Crippen LogP contribution in [0.4, 0.5) is 32.1 Å². The minimum Gasteiger partial charge on any atom is -0.481 e. The summed E-state index contributed by atoms with van der Waals surface area (Å²) in [7, 11) is 2.91. The van der Waals surface area contributed by atoms with Gasteiger partial charge >= 0.3 is 5.97 Å². The molecule has 62 heavy (non-hydrogen) atoms. The first-order chi connectivity index (χ1) is 29.5. The van der Waals surface area contributed by atoms with Crippen molar-refractivity contribution in [1.29, 1.82) is 0 Å². The van der Waals surface area contributed by atoms with Gasteiger partial charge in [0, 0.05) is 23.3 Å². The van der Waals surface area contributed by atoms with Crippen LogP contribution in [0.5, 0.6) is 11.8 Å². The summed E-state index contributed by atoms with van der Waals surface area (Å²) in [6.07, 6.45) is 0. The lowest BCUT2D eigenvalue weighted by molar-refractivity contribution is -0.152. The van der Waals surface area contributed by atoms with Gasteiger partial charge in [-0.3, -0.25) is 19.2 Å². The van der Waals surface area contributed by atoms with Gasteiger partial charge in [-0.2, -0.15) is 10.2 Å². The molecule has 6 aromatic rings. The number of carbonyl (C=O) groups is 4. The van der Waals surface area contributed by atoms with Crippen molar-refractivity contribution >= 4 is 47.0 Å². The average Bonchev–Trinajstić information content (AvgIpc) is 3.98. The number of nitrogen functional groups attached to an aromatic ring is 2. The van der Waals surface area contributed by atoms with Gasteiger partial charge in [0.05, 0.1) is 45.0 Å². The number of aromatic nitrogens is 8. The molecule has 0 aliphatic carbocycles. The summed E-state index contributed by atoms with van der Waals surface area (Å²) in [4.78, 5) is 66.4. The molecule has 2 aromatic carbocycles. The summed E-state index contributed by atoms with van der Waals surface area (Å²) < 4.78 is 46.7. The molecule has 2 unspecified atom stereocenters. The van der Waals surface area contributed by atoms with Gasteiger partial charge in [-0.05, 0) is 32.9 Å². The standard InChI is InChI=1S/C21H21FN6O4.C19H18FN7O3/c1-4-32-20(30)21(2)15-16(23)24-17(25-18(15)26-19(21)29)13-9-14(31-3)28(27-13)10-11-7-5-6-8-12(11)22;1-19(17(22)28)13-14(21)23-15(24-16(13)25-18(19)29)11-7-12(30-2)27(26-11)8-9-5-3-4-6-10(9)20/h5-9H,4,10H2,1-3H3,(H3,23,24,25,26,29);3-7H,8H2,1-2H3,(H2,22,28)(H3,21,23,24,25,29). The number of nitrogens with one attached hydrogen (secondary N) is 2. The highest BCUT2D eigenvalue weighted by Gasteiger charge is 2.54. The van der Waals surface area contributed by atoms with Gasteiger partial charge in [-0.1, -0.05) is 36.4 Å². The highest BCUT2D eigenvalue weighted by molar-refractivity contribution is 6.21. The number of halogens is 2. The highest BCUT2D eigenvalue weighted by atomic mass is 19.1. The van der Waals surface area contributed by atoms with Crippen LogP contribution in [0.2, 0.25) is 0 Å². The van der Waals surface area contributed by atoms with Gasteiger partial charge in [-0.15, -0.1) is 0 Å². The van der Waals surface area contributed by atoms with Crippen molar-refractivity contribution in [2.24, 2.45) is 5.73 Å². The van der Waals surface area contributed by atoms with Gasteiger partial charge < -0.3 is 42.0 Å². The minimum atomic E-state index is -1.67. The molecular formula is C40H39F2N13O7. The van der Waals surface area contributed by atoms with E-state index in [1.807, 2.05) is 0 Å². The molecule has 6 heterocycles. The molecule has 0 saturated heterocycles. The average molecular weight is 852 g/mol. The number of primary amides is 1. The SMILES string of the molecule is CCOC(=O)C1(C)C(=O)Nc2nc(-c3cc(OC)n(Cc4ccccc4F)n3)nc(N)c21.COc1cc(-c2nc(N)c3c(n2)NC(=O)C3(C)C(N)=O)nn1Cc1ccccc1F. The number of benzene rings is 2. The van der Waals surface area contributed by atoms with E-state index in [0.717, 1.165) is 0 Å². The van der Waals surface area contributed by atoms with Crippen LogP contribution < -0.4 is 37.3 Å². The highest BCUT2D eigenvalue weighted by Crippen LogP contribution is 2.42. The summed E-state index contributed by atoms with van der Waals surface area (Å²) in [6, 6.07) is 15.8. The van der Waals surface area contributed by atoms with Crippen molar-refractivity contribution in [3.63, 3.8) is 0 Å². The van der Waals surface area contributed by atoms with E-state index in [-0.39, 0.29) is 77.4 Å². The number of anilines is 4. The summed E-state index contributed by atoms with van der Waals surface area (Å²) in [5.74, 6) is -2.60. The number of esters is 1. The molecule has 4 aromatic heterocycles. The summed E-state index contributed by atoms with van der Waals surface area (Å²) in [6.45, 7) is 4.76. The molecule has 0 radical (unpaired) electrons. The number of nitrogens with zero attached hydrogens (tertiary/aromatic N) is 8. The first-order valence-electron chi connectivity index (χ1n) is 18.7. The second kappa shape index (κ2) is 16.2. The molecule has 0 spiro atoms. The van der Waals surface area contributed by atoms with Crippen LogP contribution in [-0.4, -0.2) is 84.0 Å². The topological polar surface area (TPSA) is 285 Å². The third-order valence-electron chi connectivity index (χ3n) is 10.3. The van der Waals surface area contributed by atoms with Crippen LogP contribution in [0, 0.1) is 11.6 Å². The Morgan fingerprint density at radius 3 is 1.53 bits per heavy atom. The molecule has 2 aliphatic heterocycles. The van der Waals surface area contributed by atoms with E-state index < -0.39 is 34.5 Å². The number of fused-ring (bicyclic) bond motifs is 2. The maximum atomic E-state index is 14.1. The Balaban J connectivity index is 0.000000187. The minimum absolute atomic E-state index is 0.0541. The molecule has 8 rings (SSSR count). The Labute approximate surface area is 350 Å². The lowest BCUT2D eigenvalue weighted by atomic mass is 9.84. The molecule has 320 valence electrons. The molecule has 0 fully saturated rings. The van der Waals surface area contributed by atoms with Gasteiger partial charge in [0.2, 0.25) is 29.5 Å². The molecule has 2 aliphatic rings. The van der Waals surface area contributed by atoms with Gasteiger partial charge in [0.15, 0.2) is 22.5 Å². The smallest absolute Gasteiger partial charge is 0.326 e. The predicted molar refractivity (Wildman–Crippen MR) is 217 cm³/mol. The summed E-state index contributed by atoms with van der Waals surface area (Å²) in [5, 5.41) is 13.9. The van der Waals surface area contributed by atoms with Crippen LogP contribution in [0.1, 0.15) is 43.0 Å². The Bertz CT molecular complexity index is 2790. The third-order valence-corrected chi connectivity index (χ3v) is 10.3. The fraction of sp³-hybridized carbons (Fsp3) is 0.250. The molecular weight excluding hydrogens is 813 g/mol. The number of amides is 3. The molecule has 2 atom stereocenters. The van der Waals surface area contributed by atoms with E-state index in [0.29, 0.717) is 34.3 Å². The van der Waals surface area contributed by atoms with Crippen LogP contribution >= 0.6 is 0 Å². The van der Waals surface area contributed by atoms with Crippen molar-refractivity contribution in [1.82, 2.24) is 39.5 Å². The Kier molecular flexibility index (Phi) is 11.0. The molecule has 20 nitrogen and oxygen atoms in total. The fourth-order valence-corrected chi connectivity index (χ4v) is 6.90. The largest absolute Gasteiger partial charge is 0.481 e. The number of nitrogens with two attached hydrogens (primary N) is 3. The zero-order chi connectivity index (χ0) is 44.7. The second-order valence-electron chi connectivity index (χ2n) is 14.2. The fourth-order valence-electron chi connectivity index (χ4n) is 6.90. The second-order valence-corrected chi connectivity index (χ2v) is 14.2. The number of hydrogen-bond acceptors (Lipinski definition) is 15. The van der Waals surface area contributed by atoms with Crippen LogP contribution in [0.15, 0.2) is 60.7 Å². The number of hydrogen-bond donors (Lipinski definition) is 5. The van der Waals surface area contributed by atoms with E-state index >= 15 is 0 Å². The zero-order valence-electron chi connectivity index (χ0n) is 33.8. The molecule has 22 heteroatoms. The van der Waals surface area contributed by atoms with E-state index in [1.165, 1.54) is 49.6 Å². The Morgan fingerprint density at radius 1 is 0.710 bits per heavy atom. The zero-order valence-corrected chi connectivity index (χ0v) is 33.8. The molecule has 0 saturated carbocycles.